The third kappa shape index (κ3) is 3.10. The molecule has 2 rings (SSSR count). The summed E-state index contributed by atoms with van der Waals surface area (Å²) >= 11 is 0. The molecule has 0 saturated carbocycles. The topological polar surface area (TPSA) is 3.24 Å². The first-order valence-electron chi connectivity index (χ1n) is 6.15. The van der Waals surface area contributed by atoms with Crippen LogP contribution >= 0.6 is 0 Å². The number of hydrogen-bond donors (Lipinski definition) is 0. The van der Waals surface area contributed by atoms with E-state index in [4.69, 9.17) is 0 Å². The fourth-order valence-electron chi connectivity index (χ4n) is 1.94. The van der Waals surface area contributed by atoms with Gasteiger partial charge in [0.15, 0.2) is 0 Å². The zero-order chi connectivity index (χ0) is 12.1. The summed E-state index contributed by atoms with van der Waals surface area (Å²) in [5.41, 5.74) is 3.97. The van der Waals surface area contributed by atoms with Crippen LogP contribution in [0.25, 0.3) is 0 Å². The Morgan fingerprint density at radius 1 is 0.882 bits per heavy atom. The number of hydrogen-bond acceptors (Lipinski definition) is 1. The zero-order valence-electron chi connectivity index (χ0n) is 10.6. The summed E-state index contributed by atoms with van der Waals surface area (Å²) in [6.07, 6.45) is 0. The van der Waals surface area contributed by atoms with Crippen molar-refractivity contribution in [2.75, 3.05) is 11.4 Å². The Hall–Kier alpha value is -1.76. The maximum atomic E-state index is 2.38. The van der Waals surface area contributed by atoms with Crippen LogP contribution < -0.4 is 4.90 Å². The monoisotopic (exact) mass is 225 g/mol. The molecule has 0 atom stereocenters. The molecule has 0 radical (unpaired) electrons. The van der Waals surface area contributed by atoms with Crippen LogP contribution in [0.15, 0.2) is 54.6 Å². The number of aryl methyl sites for hydroxylation is 1. The summed E-state index contributed by atoms with van der Waals surface area (Å²) in [5, 5.41) is 0. The van der Waals surface area contributed by atoms with E-state index in [9.17, 15) is 0 Å². The molecule has 0 amide bonds. The van der Waals surface area contributed by atoms with Crippen molar-refractivity contribution in [1.29, 1.82) is 0 Å². The summed E-state index contributed by atoms with van der Waals surface area (Å²) in [7, 11) is 0. The van der Waals surface area contributed by atoms with Crippen molar-refractivity contribution in [3.8, 4) is 0 Å². The Balaban J connectivity index is 2.13. The Labute approximate surface area is 104 Å². The molecule has 0 N–H and O–H groups in total. The van der Waals surface area contributed by atoms with E-state index < -0.39 is 0 Å². The summed E-state index contributed by atoms with van der Waals surface area (Å²) in [5.74, 6) is 0. The standard InChI is InChI=1S/C16H19N/c1-3-17(16-7-5-4-6-8-16)13-15-11-9-14(2)10-12-15/h4-12H,3,13H2,1-2H3. The molecule has 17 heavy (non-hydrogen) atoms. The summed E-state index contributed by atoms with van der Waals surface area (Å²) < 4.78 is 0. The normalized spacial score (nSPS) is 10.2. The van der Waals surface area contributed by atoms with E-state index in [1.165, 1.54) is 16.8 Å². The molecule has 1 heteroatoms. The Morgan fingerprint density at radius 3 is 2.12 bits per heavy atom. The molecule has 88 valence electrons. The first kappa shape index (κ1) is 11.7. The van der Waals surface area contributed by atoms with Crippen LogP contribution in [0.4, 0.5) is 5.69 Å². The molecule has 0 aliphatic heterocycles. The van der Waals surface area contributed by atoms with Gasteiger partial charge in [0.25, 0.3) is 0 Å². The van der Waals surface area contributed by atoms with Gasteiger partial charge in [-0.25, -0.2) is 0 Å². The lowest BCUT2D eigenvalue weighted by Gasteiger charge is -2.23. The lowest BCUT2D eigenvalue weighted by Crippen LogP contribution is -2.21. The molecule has 2 aromatic carbocycles. The third-order valence-electron chi connectivity index (χ3n) is 3.00. The van der Waals surface area contributed by atoms with Gasteiger partial charge in [-0.3, -0.25) is 0 Å². The maximum Gasteiger partial charge on any atom is 0.0429 e. The van der Waals surface area contributed by atoms with Crippen molar-refractivity contribution in [3.63, 3.8) is 0 Å². The second-order valence-electron chi connectivity index (χ2n) is 4.34. The average Bonchev–Trinajstić information content (AvgIpc) is 2.39. The minimum atomic E-state index is 0.973. The second-order valence-corrected chi connectivity index (χ2v) is 4.34. The predicted octanol–water partition coefficient (Wildman–Crippen LogP) is 4.02. The van der Waals surface area contributed by atoms with E-state index >= 15 is 0 Å². The minimum absolute atomic E-state index is 0.973. The van der Waals surface area contributed by atoms with Gasteiger partial charge in [0.1, 0.15) is 0 Å². The number of rotatable bonds is 4. The summed E-state index contributed by atoms with van der Waals surface area (Å²) in [4.78, 5) is 2.38. The van der Waals surface area contributed by atoms with Crippen molar-refractivity contribution in [1.82, 2.24) is 0 Å². The Morgan fingerprint density at radius 2 is 1.53 bits per heavy atom. The van der Waals surface area contributed by atoms with E-state index in [-0.39, 0.29) is 0 Å². The number of anilines is 1. The molecule has 0 heterocycles. The van der Waals surface area contributed by atoms with E-state index in [1.54, 1.807) is 0 Å². The van der Waals surface area contributed by atoms with Gasteiger partial charge in [-0.05, 0) is 31.5 Å². The van der Waals surface area contributed by atoms with Crippen molar-refractivity contribution in [2.45, 2.75) is 20.4 Å². The lowest BCUT2D eigenvalue weighted by atomic mass is 10.1. The van der Waals surface area contributed by atoms with Crippen LogP contribution in [0.3, 0.4) is 0 Å². The van der Waals surface area contributed by atoms with Crippen LogP contribution in [0.5, 0.6) is 0 Å². The quantitative estimate of drug-likeness (QED) is 0.759. The minimum Gasteiger partial charge on any atom is -0.367 e. The van der Waals surface area contributed by atoms with E-state index in [0.717, 1.165) is 13.1 Å². The van der Waals surface area contributed by atoms with Crippen molar-refractivity contribution in [3.05, 3.63) is 65.7 Å². The van der Waals surface area contributed by atoms with Gasteiger partial charge in [-0.15, -0.1) is 0 Å². The number of benzene rings is 2. The highest BCUT2D eigenvalue weighted by atomic mass is 15.1. The molecule has 0 saturated heterocycles. The summed E-state index contributed by atoms with van der Waals surface area (Å²) in [6, 6.07) is 19.3. The second kappa shape index (κ2) is 5.53. The van der Waals surface area contributed by atoms with Gasteiger partial charge in [0.2, 0.25) is 0 Å². The molecular weight excluding hydrogens is 206 g/mol. The zero-order valence-corrected chi connectivity index (χ0v) is 10.6. The molecule has 0 aliphatic rings. The molecule has 0 aliphatic carbocycles. The smallest absolute Gasteiger partial charge is 0.0429 e. The van der Waals surface area contributed by atoms with E-state index in [0.29, 0.717) is 0 Å². The predicted molar refractivity (Wildman–Crippen MR) is 74.3 cm³/mol. The van der Waals surface area contributed by atoms with Gasteiger partial charge in [0.05, 0.1) is 0 Å². The molecule has 1 nitrogen and oxygen atoms in total. The van der Waals surface area contributed by atoms with Crippen molar-refractivity contribution >= 4 is 5.69 Å². The summed E-state index contributed by atoms with van der Waals surface area (Å²) in [6.45, 7) is 6.32. The Bertz CT molecular complexity index is 445. The average molecular weight is 225 g/mol. The number of para-hydroxylation sites is 1. The van der Waals surface area contributed by atoms with Crippen molar-refractivity contribution in [2.24, 2.45) is 0 Å². The van der Waals surface area contributed by atoms with Crippen molar-refractivity contribution < 1.29 is 0 Å². The fourth-order valence-corrected chi connectivity index (χ4v) is 1.94. The molecule has 0 unspecified atom stereocenters. The lowest BCUT2D eigenvalue weighted by molar-refractivity contribution is 0.832. The fraction of sp³-hybridized carbons (Fsp3) is 0.250. The highest BCUT2D eigenvalue weighted by Gasteiger charge is 2.03. The van der Waals surface area contributed by atoms with Crippen LogP contribution in [-0.2, 0) is 6.54 Å². The largest absolute Gasteiger partial charge is 0.367 e. The number of nitrogens with zero attached hydrogens (tertiary/aromatic N) is 1. The van der Waals surface area contributed by atoms with Gasteiger partial charge in [-0.1, -0.05) is 48.0 Å². The third-order valence-corrected chi connectivity index (χ3v) is 3.00. The van der Waals surface area contributed by atoms with E-state index in [1.807, 2.05) is 0 Å². The molecule has 0 spiro atoms. The highest BCUT2D eigenvalue weighted by Crippen LogP contribution is 2.16. The molecule has 2 aromatic rings. The first-order valence-corrected chi connectivity index (χ1v) is 6.15. The first-order chi connectivity index (χ1) is 8.29. The van der Waals surface area contributed by atoms with Gasteiger partial charge >= 0.3 is 0 Å². The van der Waals surface area contributed by atoms with Crippen LogP contribution in [0.1, 0.15) is 18.1 Å². The molecule has 0 fully saturated rings. The maximum absolute atomic E-state index is 2.38. The molecular formula is C16H19N. The van der Waals surface area contributed by atoms with Crippen LogP contribution in [0, 0.1) is 6.92 Å². The molecule has 0 aromatic heterocycles. The van der Waals surface area contributed by atoms with Gasteiger partial charge in [0, 0.05) is 18.8 Å². The van der Waals surface area contributed by atoms with Crippen LogP contribution in [0.2, 0.25) is 0 Å². The van der Waals surface area contributed by atoms with Crippen LogP contribution in [-0.4, -0.2) is 6.54 Å². The van der Waals surface area contributed by atoms with E-state index in [2.05, 4.69) is 73.3 Å². The molecule has 0 bridgehead atoms. The SMILES string of the molecule is CCN(Cc1ccc(C)cc1)c1ccccc1. The van der Waals surface area contributed by atoms with Gasteiger partial charge < -0.3 is 4.90 Å². The Kier molecular flexibility index (Phi) is 3.81. The highest BCUT2D eigenvalue weighted by molar-refractivity contribution is 5.46. The van der Waals surface area contributed by atoms with Gasteiger partial charge in [-0.2, -0.15) is 0 Å².